The highest BCUT2D eigenvalue weighted by Gasteiger charge is 2.53. The third-order valence-corrected chi connectivity index (χ3v) is 8.81. The fourth-order valence-electron chi connectivity index (χ4n) is 6.71. The van der Waals surface area contributed by atoms with Gasteiger partial charge in [0.25, 0.3) is 0 Å². The van der Waals surface area contributed by atoms with Crippen LogP contribution in [0.5, 0.6) is 5.75 Å². The van der Waals surface area contributed by atoms with E-state index in [2.05, 4.69) is 18.3 Å². The molecule has 4 unspecified atom stereocenters. The molecule has 0 aliphatic heterocycles. The lowest BCUT2D eigenvalue weighted by atomic mass is 9.54. The van der Waals surface area contributed by atoms with E-state index in [0.717, 1.165) is 48.8 Å². The Hall–Kier alpha value is -3.17. The van der Waals surface area contributed by atoms with Crippen molar-refractivity contribution in [2.75, 3.05) is 0 Å². The quantitative estimate of drug-likeness (QED) is 0.542. The van der Waals surface area contributed by atoms with Gasteiger partial charge in [-0.1, -0.05) is 31.2 Å². The molecule has 0 radical (unpaired) electrons. The molecular formula is C27H30N2O6S. The number of carboxylic acid groups (broad SMARTS) is 1. The second-order valence-corrected chi connectivity index (χ2v) is 11.5. The summed E-state index contributed by atoms with van der Waals surface area (Å²) in [6.07, 6.45) is 6.65. The van der Waals surface area contributed by atoms with Crippen molar-refractivity contribution < 1.29 is 27.3 Å². The van der Waals surface area contributed by atoms with Gasteiger partial charge in [-0.25, -0.2) is 4.79 Å². The Bertz CT molecular complexity index is 1350. The molecule has 0 aromatic heterocycles. The van der Waals surface area contributed by atoms with Crippen molar-refractivity contribution in [2.24, 2.45) is 22.4 Å². The zero-order valence-corrected chi connectivity index (χ0v) is 20.9. The minimum atomic E-state index is -4.06. The molecule has 36 heavy (non-hydrogen) atoms. The monoisotopic (exact) mass is 510 g/mol. The maximum absolute atomic E-state index is 13.2. The summed E-state index contributed by atoms with van der Waals surface area (Å²) in [5.74, 6) is 0.417. The van der Waals surface area contributed by atoms with Crippen molar-refractivity contribution in [3.63, 3.8) is 0 Å². The van der Waals surface area contributed by atoms with Crippen molar-refractivity contribution in [1.82, 2.24) is 5.32 Å². The van der Waals surface area contributed by atoms with Gasteiger partial charge in [-0.05, 0) is 90.8 Å². The van der Waals surface area contributed by atoms with Gasteiger partial charge >= 0.3 is 16.3 Å². The molecule has 1 saturated carbocycles. The van der Waals surface area contributed by atoms with Crippen molar-refractivity contribution in [3.05, 3.63) is 76.4 Å². The predicted molar refractivity (Wildman–Crippen MR) is 134 cm³/mol. The zero-order valence-electron chi connectivity index (χ0n) is 20.1. The van der Waals surface area contributed by atoms with Crippen LogP contribution in [0.15, 0.2) is 54.1 Å². The number of hydrogen-bond acceptors (Lipinski definition) is 5. The Morgan fingerprint density at radius 2 is 1.92 bits per heavy atom. The molecule has 2 aromatic rings. The first kappa shape index (κ1) is 24.5. The number of fused-ring (bicyclic) bond motifs is 5. The van der Waals surface area contributed by atoms with Crippen LogP contribution in [0.3, 0.4) is 0 Å². The van der Waals surface area contributed by atoms with Crippen molar-refractivity contribution in [2.45, 2.75) is 51.5 Å². The number of hydrogen-bond donors (Lipinski definition) is 3. The van der Waals surface area contributed by atoms with Gasteiger partial charge < -0.3 is 14.6 Å². The summed E-state index contributed by atoms with van der Waals surface area (Å²) in [5.41, 5.74) is 4.10. The molecule has 1 fully saturated rings. The number of aromatic carboxylic acids is 1. The summed E-state index contributed by atoms with van der Waals surface area (Å²) in [4.78, 5) is 24.3. The first-order chi connectivity index (χ1) is 17.0. The number of carbonyl (C=O) groups excluding carboxylic acids is 1. The van der Waals surface area contributed by atoms with E-state index in [9.17, 15) is 18.0 Å². The Morgan fingerprint density at radius 3 is 2.61 bits per heavy atom. The van der Waals surface area contributed by atoms with Crippen LogP contribution in [-0.4, -0.2) is 25.4 Å². The van der Waals surface area contributed by atoms with E-state index in [4.69, 9.17) is 14.4 Å². The van der Waals surface area contributed by atoms with Gasteiger partial charge in [0.15, 0.2) is 0 Å². The number of nitrogens with one attached hydrogen (secondary N) is 1. The molecule has 2 aromatic carbocycles. The topological polar surface area (TPSA) is 136 Å². The van der Waals surface area contributed by atoms with Gasteiger partial charge in [0.2, 0.25) is 5.91 Å². The number of benzene rings is 2. The molecule has 190 valence electrons. The minimum Gasteiger partial charge on any atom is -0.478 e. The lowest BCUT2D eigenvalue weighted by molar-refractivity contribution is -0.119. The molecule has 8 nitrogen and oxygen atoms in total. The van der Waals surface area contributed by atoms with Gasteiger partial charge in [0, 0.05) is 17.5 Å². The van der Waals surface area contributed by atoms with E-state index >= 15 is 0 Å². The molecule has 5 rings (SSSR count). The molecule has 4 N–H and O–H groups in total. The van der Waals surface area contributed by atoms with Gasteiger partial charge in [-0.15, -0.1) is 0 Å². The van der Waals surface area contributed by atoms with E-state index in [1.54, 1.807) is 36.4 Å². The predicted octanol–water partition coefficient (Wildman–Crippen LogP) is 3.68. The van der Waals surface area contributed by atoms with Crippen LogP contribution < -0.4 is 14.6 Å². The van der Waals surface area contributed by atoms with E-state index in [1.165, 1.54) is 5.56 Å². The normalized spacial score (nSPS) is 26.7. The standard InChI is InChI=1S/C27H30N2O6S/c1-27-13-12-21-20-9-7-19(35-36(28,33)34)14-18(20)6-8-22(21)23(27)10-11-24(27)25(30)29-15-16-2-4-17(5-3-16)26(31)32/h2-5,7,9,11,14,21-23H,6,8,10,12-13,15H2,1H3,(H,29,30)(H,31,32)(H2,28,33,34). The summed E-state index contributed by atoms with van der Waals surface area (Å²) in [6, 6.07) is 12.0. The number of nitrogens with two attached hydrogens (primary N) is 1. The van der Waals surface area contributed by atoms with Crippen LogP contribution in [0.4, 0.5) is 0 Å². The minimum absolute atomic E-state index is 0.0539. The van der Waals surface area contributed by atoms with Crippen LogP contribution in [0, 0.1) is 17.3 Å². The third-order valence-electron chi connectivity index (χ3n) is 8.39. The highest BCUT2D eigenvalue weighted by Crippen LogP contribution is 2.61. The molecule has 9 heteroatoms. The average molecular weight is 511 g/mol. The summed E-state index contributed by atoms with van der Waals surface area (Å²) >= 11 is 0. The highest BCUT2D eigenvalue weighted by molar-refractivity contribution is 7.84. The first-order valence-corrected chi connectivity index (χ1v) is 13.7. The lowest BCUT2D eigenvalue weighted by Gasteiger charge is -2.50. The summed E-state index contributed by atoms with van der Waals surface area (Å²) in [5, 5.41) is 17.1. The Morgan fingerprint density at radius 1 is 1.17 bits per heavy atom. The smallest absolute Gasteiger partial charge is 0.380 e. The van der Waals surface area contributed by atoms with E-state index in [1.807, 2.05) is 6.07 Å². The average Bonchev–Trinajstić information content (AvgIpc) is 3.18. The second kappa shape index (κ2) is 9.05. The van der Waals surface area contributed by atoms with Gasteiger partial charge in [0.1, 0.15) is 5.75 Å². The van der Waals surface area contributed by atoms with Crippen LogP contribution in [0.1, 0.15) is 65.6 Å². The van der Waals surface area contributed by atoms with Crippen LogP contribution in [-0.2, 0) is 28.1 Å². The van der Waals surface area contributed by atoms with E-state index in [0.29, 0.717) is 24.3 Å². The second-order valence-electron chi connectivity index (χ2n) is 10.3. The number of rotatable bonds is 6. The maximum Gasteiger partial charge on any atom is 0.380 e. The Kier molecular flexibility index (Phi) is 6.16. The van der Waals surface area contributed by atoms with Gasteiger partial charge in [-0.3, -0.25) is 4.79 Å². The van der Waals surface area contributed by atoms with Gasteiger partial charge in [-0.2, -0.15) is 13.6 Å². The number of carboxylic acids is 1. The third kappa shape index (κ3) is 4.53. The summed E-state index contributed by atoms with van der Waals surface area (Å²) in [6.45, 7) is 2.56. The first-order valence-electron chi connectivity index (χ1n) is 12.2. The molecule has 0 spiro atoms. The summed E-state index contributed by atoms with van der Waals surface area (Å²) < 4.78 is 27.5. The SMILES string of the molecule is CC12CCC3c4ccc(OS(N)(=O)=O)cc4CCC3C1CC=C2C(=O)NCc1ccc(C(=O)O)cc1. The molecule has 3 aliphatic rings. The molecule has 3 aliphatic carbocycles. The fraction of sp³-hybridized carbons (Fsp3) is 0.407. The van der Waals surface area contributed by atoms with Gasteiger partial charge in [0.05, 0.1) is 5.56 Å². The zero-order chi connectivity index (χ0) is 25.7. The fourth-order valence-corrected chi connectivity index (χ4v) is 7.08. The molecule has 0 heterocycles. The number of allylic oxidation sites excluding steroid dienone is 1. The number of amides is 1. The van der Waals surface area contributed by atoms with Crippen LogP contribution in [0.2, 0.25) is 0 Å². The molecule has 0 bridgehead atoms. The molecule has 1 amide bonds. The Balaban J connectivity index is 1.27. The molecular weight excluding hydrogens is 480 g/mol. The van der Waals surface area contributed by atoms with E-state index < -0.39 is 16.3 Å². The lowest BCUT2D eigenvalue weighted by Crippen LogP contribution is -2.43. The summed E-state index contributed by atoms with van der Waals surface area (Å²) in [7, 11) is -4.06. The Labute approximate surface area is 210 Å². The van der Waals surface area contributed by atoms with Crippen LogP contribution >= 0.6 is 0 Å². The molecule has 4 atom stereocenters. The number of aryl methyl sites for hydroxylation is 1. The largest absolute Gasteiger partial charge is 0.478 e. The van der Waals surface area contributed by atoms with E-state index in [-0.39, 0.29) is 22.6 Å². The van der Waals surface area contributed by atoms with Crippen LogP contribution in [0.25, 0.3) is 0 Å². The maximum atomic E-state index is 13.2. The molecule has 0 saturated heterocycles. The van der Waals surface area contributed by atoms with Crippen molar-refractivity contribution >= 4 is 22.2 Å². The van der Waals surface area contributed by atoms with Crippen molar-refractivity contribution in [3.8, 4) is 5.75 Å². The van der Waals surface area contributed by atoms with Crippen molar-refractivity contribution in [1.29, 1.82) is 0 Å². The highest BCUT2D eigenvalue weighted by atomic mass is 32.2. The number of carbonyl (C=O) groups is 2.